The lowest BCUT2D eigenvalue weighted by Gasteiger charge is -2.42. The highest BCUT2D eigenvalue weighted by atomic mass is 35.5. The first kappa shape index (κ1) is 42.8. The van der Waals surface area contributed by atoms with Crippen LogP contribution in [0.25, 0.3) is 0 Å². The van der Waals surface area contributed by atoms with Crippen molar-refractivity contribution in [1.82, 2.24) is 15.2 Å². The summed E-state index contributed by atoms with van der Waals surface area (Å²) in [7, 11) is 3.27. The summed E-state index contributed by atoms with van der Waals surface area (Å²) in [4.78, 5) is 35.3. The van der Waals surface area contributed by atoms with E-state index in [0.717, 1.165) is 88.8 Å². The molecule has 1 amide bonds. The van der Waals surface area contributed by atoms with Crippen molar-refractivity contribution in [3.8, 4) is 17.6 Å². The Bertz CT molecular complexity index is 1770. The SMILES string of the molecule is COc1ccc(C2=NN(C3CCN(CCCCCCNCC(O)c4cc(Cl)c(N)c(C#N)c4)CC3)C(=O)[C@@H]3CC=CC[C@H]23)cc1OC.O=C(O)C=CC(=O)O. The number of carboxylic acid groups (broad SMARTS) is 2. The van der Waals surface area contributed by atoms with Crippen LogP contribution in [-0.4, -0.2) is 102 Å². The maximum absolute atomic E-state index is 13.7. The number of carbonyl (C=O) groups excluding carboxylic acids is 1. The van der Waals surface area contributed by atoms with Gasteiger partial charge in [-0.15, -0.1) is 0 Å². The minimum absolute atomic E-state index is 0.0719. The van der Waals surface area contributed by atoms with Crippen LogP contribution in [0.1, 0.15) is 74.2 Å². The van der Waals surface area contributed by atoms with Crippen molar-refractivity contribution >= 4 is 40.8 Å². The van der Waals surface area contributed by atoms with E-state index in [-0.39, 0.29) is 40.1 Å². The summed E-state index contributed by atoms with van der Waals surface area (Å²) in [6.45, 7) is 4.18. The number of nitrogen functional groups attached to an aromatic ring is 1. The summed E-state index contributed by atoms with van der Waals surface area (Å²) >= 11 is 6.10. The summed E-state index contributed by atoms with van der Waals surface area (Å²) in [6, 6.07) is 11.3. The number of anilines is 1. The molecule has 6 N–H and O–H groups in total. The molecule has 1 saturated heterocycles. The van der Waals surface area contributed by atoms with E-state index in [1.807, 2.05) is 29.3 Å². The van der Waals surface area contributed by atoms with E-state index in [1.165, 1.54) is 0 Å². The van der Waals surface area contributed by atoms with Crippen LogP contribution in [0.5, 0.6) is 11.5 Å². The standard InChI is InChI=1S/C36H47ClN6O4.C4H4O4/c1-46-32-12-11-24(21-33(32)47-2)35-28-9-5-6-10-29(28)36(45)43(41-35)27-13-17-42(18-14-27)16-8-4-3-7-15-40-23-31(44)25-19-26(22-38)34(39)30(37)20-25;5-3(6)1-2-4(7)8/h5-6,11-12,19-21,27-29,31,40,44H,3-4,7-10,13-18,23,39H2,1-2H3;1-2H,(H,5,6)(H,7,8)/t28-,29+,31?;/m0./s1. The number of likely N-dealkylation sites (tertiary alicyclic amines) is 1. The van der Waals surface area contributed by atoms with E-state index in [4.69, 9.17) is 42.1 Å². The number of hydrogen-bond donors (Lipinski definition) is 5. The normalized spacial score (nSPS) is 19.1. The van der Waals surface area contributed by atoms with Crippen molar-refractivity contribution in [3.63, 3.8) is 0 Å². The highest BCUT2D eigenvalue weighted by Gasteiger charge is 2.43. The van der Waals surface area contributed by atoms with E-state index in [0.29, 0.717) is 35.8 Å². The molecule has 3 aliphatic rings. The molecule has 0 aromatic heterocycles. The molecule has 0 bridgehead atoms. The number of carboxylic acids is 2. The Morgan fingerprint density at radius 3 is 2.31 bits per heavy atom. The number of aliphatic carboxylic acids is 2. The topological polar surface area (TPSA) is 211 Å². The summed E-state index contributed by atoms with van der Waals surface area (Å²) < 4.78 is 11.0. The molecule has 0 radical (unpaired) electrons. The first-order chi connectivity index (χ1) is 26.5. The van der Waals surface area contributed by atoms with E-state index < -0.39 is 18.0 Å². The Morgan fingerprint density at radius 2 is 1.67 bits per heavy atom. The van der Waals surface area contributed by atoms with Gasteiger partial charge in [0.1, 0.15) is 6.07 Å². The second-order valence-corrected chi connectivity index (χ2v) is 14.1. The molecule has 14 nitrogen and oxygen atoms in total. The number of fused-ring (bicyclic) bond motifs is 1. The van der Waals surface area contributed by atoms with Crippen LogP contribution in [0.15, 0.2) is 59.7 Å². The number of aliphatic hydroxyl groups excluding tert-OH is 1. The molecule has 1 fully saturated rings. The van der Waals surface area contributed by atoms with Gasteiger partial charge in [-0.2, -0.15) is 10.4 Å². The Morgan fingerprint density at radius 1 is 1.02 bits per heavy atom. The number of nitrogens with two attached hydrogens (primary N) is 1. The molecule has 3 atom stereocenters. The molecule has 15 heteroatoms. The number of nitriles is 1. The Labute approximate surface area is 326 Å². The number of piperidine rings is 1. The fourth-order valence-electron chi connectivity index (χ4n) is 7.08. The zero-order valence-electron chi connectivity index (χ0n) is 31.3. The molecule has 0 spiro atoms. The first-order valence-corrected chi connectivity index (χ1v) is 18.9. The highest BCUT2D eigenvalue weighted by Crippen LogP contribution is 2.38. The number of rotatable bonds is 16. The van der Waals surface area contributed by atoms with Crippen LogP contribution >= 0.6 is 11.6 Å². The number of methoxy groups -OCH3 is 2. The largest absolute Gasteiger partial charge is 0.493 e. The second-order valence-electron chi connectivity index (χ2n) is 13.7. The number of unbranched alkanes of at least 4 members (excludes halogenated alkanes) is 3. The lowest BCUT2D eigenvalue weighted by Crippen LogP contribution is -2.52. The van der Waals surface area contributed by atoms with Crippen molar-refractivity contribution in [2.24, 2.45) is 16.9 Å². The van der Waals surface area contributed by atoms with Gasteiger partial charge in [0.2, 0.25) is 5.91 Å². The number of ether oxygens (including phenoxy) is 2. The number of benzene rings is 2. The van der Waals surface area contributed by atoms with Crippen LogP contribution in [0.3, 0.4) is 0 Å². The van der Waals surface area contributed by atoms with E-state index in [9.17, 15) is 24.8 Å². The number of carbonyl (C=O) groups is 3. The minimum Gasteiger partial charge on any atom is -0.493 e. The third-order valence-corrected chi connectivity index (χ3v) is 10.4. The fraction of sp³-hybridized carbons (Fsp3) is 0.475. The van der Waals surface area contributed by atoms with Crippen molar-refractivity contribution < 1.29 is 39.2 Å². The van der Waals surface area contributed by atoms with Crippen molar-refractivity contribution in [2.75, 3.05) is 52.7 Å². The van der Waals surface area contributed by atoms with E-state index in [1.54, 1.807) is 26.4 Å². The molecule has 2 aliphatic heterocycles. The van der Waals surface area contributed by atoms with Crippen LogP contribution in [0.4, 0.5) is 5.69 Å². The van der Waals surface area contributed by atoms with Crippen LogP contribution in [0, 0.1) is 23.2 Å². The maximum atomic E-state index is 13.7. The van der Waals surface area contributed by atoms with Gasteiger partial charge in [0.25, 0.3) is 0 Å². The first-order valence-electron chi connectivity index (χ1n) is 18.5. The number of allylic oxidation sites excluding steroid dienone is 2. The second kappa shape index (κ2) is 21.2. The van der Waals surface area contributed by atoms with Gasteiger partial charge < -0.3 is 40.7 Å². The average Bonchev–Trinajstić information content (AvgIpc) is 3.19. The number of hydrogen-bond acceptors (Lipinski definition) is 11. The fourth-order valence-corrected chi connectivity index (χ4v) is 7.30. The van der Waals surface area contributed by atoms with E-state index >= 15 is 0 Å². The summed E-state index contributed by atoms with van der Waals surface area (Å²) in [5, 5.41) is 45.8. The summed E-state index contributed by atoms with van der Waals surface area (Å²) in [6.07, 6.45) is 12.5. The zero-order chi connectivity index (χ0) is 39.9. The third-order valence-electron chi connectivity index (χ3n) is 10.1. The monoisotopic (exact) mass is 778 g/mol. The molecule has 2 aromatic carbocycles. The predicted molar refractivity (Wildman–Crippen MR) is 209 cm³/mol. The molecular weight excluding hydrogens is 728 g/mol. The van der Waals surface area contributed by atoms with Crippen molar-refractivity contribution in [2.45, 2.75) is 63.5 Å². The molecule has 1 unspecified atom stereocenters. The van der Waals surface area contributed by atoms with Crippen molar-refractivity contribution in [3.05, 3.63) is 76.3 Å². The lowest BCUT2D eigenvalue weighted by molar-refractivity contribution is -0.141. The number of halogens is 1. The molecule has 2 aromatic rings. The Balaban J connectivity index is 0.000000757. The molecule has 296 valence electrons. The summed E-state index contributed by atoms with van der Waals surface area (Å²) in [5.74, 6) is -1.02. The summed E-state index contributed by atoms with van der Waals surface area (Å²) in [5.41, 5.74) is 8.86. The molecule has 1 aliphatic carbocycles. The van der Waals surface area contributed by atoms with Gasteiger partial charge in [-0.3, -0.25) is 4.79 Å². The van der Waals surface area contributed by atoms with Gasteiger partial charge in [-0.05, 0) is 87.5 Å². The molecule has 0 saturated carbocycles. The van der Waals surface area contributed by atoms with Gasteiger partial charge in [0.15, 0.2) is 11.5 Å². The zero-order valence-corrected chi connectivity index (χ0v) is 32.1. The number of hydrazone groups is 1. The average molecular weight is 779 g/mol. The molecule has 55 heavy (non-hydrogen) atoms. The highest BCUT2D eigenvalue weighted by molar-refractivity contribution is 6.33. The van der Waals surface area contributed by atoms with E-state index in [2.05, 4.69) is 22.4 Å². The quantitative estimate of drug-likeness (QED) is 0.0660. The third kappa shape index (κ3) is 12.0. The molecule has 2 heterocycles. The molecule has 5 rings (SSSR count). The number of nitrogens with one attached hydrogen (secondary N) is 1. The van der Waals surface area contributed by atoms with Gasteiger partial charge in [0.05, 0.1) is 54.3 Å². The van der Waals surface area contributed by atoms with Gasteiger partial charge in [-0.1, -0.05) is 36.6 Å². The number of amides is 1. The number of nitrogens with zero attached hydrogens (tertiary/aromatic N) is 4. The van der Waals surface area contributed by atoms with Gasteiger partial charge in [0, 0.05) is 43.3 Å². The smallest absolute Gasteiger partial charge is 0.328 e. The van der Waals surface area contributed by atoms with Crippen LogP contribution in [0.2, 0.25) is 5.02 Å². The minimum atomic E-state index is -1.26. The predicted octanol–water partition coefficient (Wildman–Crippen LogP) is 5.00. The van der Waals surface area contributed by atoms with Gasteiger partial charge >= 0.3 is 11.9 Å². The maximum Gasteiger partial charge on any atom is 0.328 e. The van der Waals surface area contributed by atoms with Crippen LogP contribution < -0.4 is 20.5 Å². The lowest BCUT2D eigenvalue weighted by atomic mass is 9.76. The molecular formula is C40H51ClN6O8. The Kier molecular flexibility index (Phi) is 16.5. The number of aliphatic hydroxyl groups is 1. The Hall–Kier alpha value is -4.94. The van der Waals surface area contributed by atoms with Crippen molar-refractivity contribution in [1.29, 1.82) is 5.26 Å². The van der Waals surface area contributed by atoms with Gasteiger partial charge in [-0.25, -0.2) is 14.6 Å². The van der Waals surface area contributed by atoms with Crippen LogP contribution in [-0.2, 0) is 14.4 Å².